The largest absolute Gasteiger partial charge is 0.323 e. The Morgan fingerprint density at radius 3 is 2.93 bits per heavy atom. The molecule has 0 saturated carbocycles. The normalized spacial score (nSPS) is 11.9. The minimum Gasteiger partial charge on any atom is -0.323 e. The number of nitrogens with zero attached hydrogens (tertiary/aromatic N) is 8. The zero-order valence-corrected chi connectivity index (χ0v) is 16.7. The Hall–Kier alpha value is -3.86. The summed E-state index contributed by atoms with van der Waals surface area (Å²) >= 11 is 1.55. The van der Waals surface area contributed by atoms with Crippen LogP contribution in [0.5, 0.6) is 0 Å². The first-order valence-electron chi connectivity index (χ1n) is 9.26. The molecule has 148 valence electrons. The van der Waals surface area contributed by atoms with Gasteiger partial charge in [0.15, 0.2) is 5.65 Å². The smallest absolute Gasteiger partial charge is 0.291 e. The average Bonchev–Trinajstić information content (AvgIpc) is 3.52. The van der Waals surface area contributed by atoms with E-state index in [-0.39, 0.29) is 5.56 Å². The number of aromatic nitrogens is 9. The van der Waals surface area contributed by atoms with Crippen molar-refractivity contribution < 1.29 is 0 Å². The lowest BCUT2D eigenvalue weighted by Gasteiger charge is -2.07. The van der Waals surface area contributed by atoms with Crippen LogP contribution in [0.25, 0.3) is 32.2 Å². The third kappa shape index (κ3) is 2.48. The van der Waals surface area contributed by atoms with E-state index in [1.807, 2.05) is 29.8 Å². The molecule has 0 aliphatic heterocycles. The predicted octanol–water partition coefficient (Wildman–Crippen LogP) is 1.91. The number of H-pyrrole nitrogens is 1. The molecular weight excluding hydrogens is 402 g/mol. The Bertz CT molecular complexity index is 1590. The van der Waals surface area contributed by atoms with Gasteiger partial charge < -0.3 is 4.57 Å². The summed E-state index contributed by atoms with van der Waals surface area (Å²) in [4.78, 5) is 21.9. The highest BCUT2D eigenvalue weighted by Crippen LogP contribution is 2.31. The minimum atomic E-state index is -0.140. The number of hydrogen-bond acceptors (Lipinski definition) is 7. The molecule has 10 nitrogen and oxygen atoms in total. The molecule has 5 aromatic heterocycles. The number of aryl methyl sites for hydroxylation is 1. The van der Waals surface area contributed by atoms with E-state index in [1.165, 1.54) is 11.0 Å². The van der Waals surface area contributed by atoms with Crippen LogP contribution in [0.15, 0.2) is 48.0 Å². The highest BCUT2D eigenvalue weighted by molar-refractivity contribution is 7.19. The first-order chi connectivity index (χ1) is 14.7. The van der Waals surface area contributed by atoms with Gasteiger partial charge in [0.1, 0.15) is 23.2 Å². The Labute approximate surface area is 172 Å². The molecule has 0 unspecified atom stereocenters. The van der Waals surface area contributed by atoms with Crippen LogP contribution in [-0.4, -0.2) is 44.3 Å². The quantitative estimate of drug-likeness (QED) is 0.469. The molecule has 0 amide bonds. The van der Waals surface area contributed by atoms with Crippen LogP contribution in [0.1, 0.15) is 10.6 Å². The maximum absolute atomic E-state index is 13.2. The van der Waals surface area contributed by atoms with E-state index in [0.29, 0.717) is 18.6 Å². The van der Waals surface area contributed by atoms with Crippen molar-refractivity contribution in [1.82, 2.24) is 44.3 Å². The lowest BCUT2D eigenvalue weighted by Crippen LogP contribution is -2.24. The average molecular weight is 417 g/mol. The number of rotatable bonds is 4. The lowest BCUT2D eigenvalue weighted by atomic mass is 10.1. The second-order valence-corrected chi connectivity index (χ2v) is 8.11. The fraction of sp³-hybridized carbons (Fsp3) is 0.158. The molecule has 0 radical (unpaired) electrons. The second kappa shape index (κ2) is 6.32. The first-order valence-corrected chi connectivity index (χ1v) is 10.1. The van der Waals surface area contributed by atoms with Gasteiger partial charge in [-0.3, -0.25) is 9.89 Å². The van der Waals surface area contributed by atoms with Crippen LogP contribution >= 0.6 is 11.3 Å². The maximum Gasteiger partial charge on any atom is 0.291 e. The first kappa shape index (κ1) is 17.0. The zero-order chi connectivity index (χ0) is 20.2. The van der Waals surface area contributed by atoms with Gasteiger partial charge in [-0.05, 0) is 11.6 Å². The van der Waals surface area contributed by atoms with Crippen molar-refractivity contribution in [3.05, 3.63) is 64.2 Å². The van der Waals surface area contributed by atoms with Crippen LogP contribution < -0.4 is 5.56 Å². The number of thiazole rings is 1. The van der Waals surface area contributed by atoms with Crippen molar-refractivity contribution in [3.63, 3.8) is 0 Å². The predicted molar refractivity (Wildman–Crippen MR) is 112 cm³/mol. The maximum atomic E-state index is 13.2. The molecular formula is C19H15N9OS. The molecule has 1 N–H and O–H groups in total. The Morgan fingerprint density at radius 2 is 2.07 bits per heavy atom. The topological polar surface area (TPSA) is 112 Å². The van der Waals surface area contributed by atoms with Crippen molar-refractivity contribution in [1.29, 1.82) is 0 Å². The second-order valence-electron chi connectivity index (χ2n) is 7.03. The van der Waals surface area contributed by atoms with Gasteiger partial charge in [0.05, 0.1) is 35.7 Å². The van der Waals surface area contributed by atoms with E-state index in [1.54, 1.807) is 34.7 Å². The van der Waals surface area contributed by atoms with Crippen LogP contribution in [0.2, 0.25) is 0 Å². The summed E-state index contributed by atoms with van der Waals surface area (Å²) in [5, 5.41) is 18.3. The highest BCUT2D eigenvalue weighted by atomic mass is 32.1. The van der Waals surface area contributed by atoms with Gasteiger partial charge in [0.2, 0.25) is 0 Å². The van der Waals surface area contributed by atoms with Gasteiger partial charge in [0, 0.05) is 17.8 Å². The van der Waals surface area contributed by atoms with Crippen molar-refractivity contribution >= 4 is 43.5 Å². The van der Waals surface area contributed by atoms with Gasteiger partial charge in [-0.25, -0.2) is 19.3 Å². The van der Waals surface area contributed by atoms with Gasteiger partial charge in [-0.1, -0.05) is 12.1 Å². The van der Waals surface area contributed by atoms with E-state index < -0.39 is 0 Å². The molecule has 0 aliphatic rings. The minimum absolute atomic E-state index is 0.140. The van der Waals surface area contributed by atoms with Crippen molar-refractivity contribution in [3.8, 4) is 0 Å². The van der Waals surface area contributed by atoms with E-state index in [9.17, 15) is 4.79 Å². The summed E-state index contributed by atoms with van der Waals surface area (Å²) in [5.41, 5.74) is 3.16. The number of aromatic amines is 1. The SMILES string of the molecule is Cn1c2nc(Cn3cncn3)sc2c2cnn(Cc3cccc4[nH]ncc34)c(=O)c21. The molecule has 6 aromatic rings. The Kier molecular flexibility index (Phi) is 3.59. The van der Waals surface area contributed by atoms with E-state index in [0.717, 1.165) is 37.2 Å². The summed E-state index contributed by atoms with van der Waals surface area (Å²) in [6, 6.07) is 5.88. The van der Waals surface area contributed by atoms with Gasteiger partial charge in [0.25, 0.3) is 5.56 Å². The van der Waals surface area contributed by atoms with E-state index >= 15 is 0 Å². The molecule has 30 heavy (non-hydrogen) atoms. The zero-order valence-electron chi connectivity index (χ0n) is 15.8. The van der Waals surface area contributed by atoms with Crippen LogP contribution in [0.4, 0.5) is 0 Å². The molecule has 0 bridgehead atoms. The fourth-order valence-electron chi connectivity index (χ4n) is 3.79. The molecule has 1 aromatic carbocycles. The number of hydrogen-bond donors (Lipinski definition) is 1. The summed E-state index contributed by atoms with van der Waals surface area (Å²) in [6.45, 7) is 0.912. The van der Waals surface area contributed by atoms with Crippen molar-refractivity contribution in [2.45, 2.75) is 13.1 Å². The monoisotopic (exact) mass is 417 g/mol. The molecule has 0 atom stereocenters. The number of fused-ring (bicyclic) bond motifs is 4. The fourth-order valence-corrected chi connectivity index (χ4v) is 4.89. The highest BCUT2D eigenvalue weighted by Gasteiger charge is 2.19. The van der Waals surface area contributed by atoms with Gasteiger partial charge >= 0.3 is 0 Å². The van der Waals surface area contributed by atoms with Gasteiger partial charge in [-0.2, -0.15) is 15.3 Å². The molecule has 0 aliphatic carbocycles. The summed E-state index contributed by atoms with van der Waals surface area (Å²) < 4.78 is 6.02. The third-order valence-corrected chi connectivity index (χ3v) is 6.29. The van der Waals surface area contributed by atoms with Crippen LogP contribution in [0.3, 0.4) is 0 Å². The molecule has 0 fully saturated rings. The lowest BCUT2D eigenvalue weighted by molar-refractivity contribution is 0.646. The molecule has 0 spiro atoms. The van der Waals surface area contributed by atoms with Gasteiger partial charge in [-0.15, -0.1) is 11.3 Å². The standard InChI is InChI=1S/C19H15N9OS/c1-26-16-13(17-18(26)24-15(30-17)8-27-10-20-9-23-27)6-22-28(19(16)29)7-11-3-2-4-14-12(11)5-21-25-14/h2-6,9-10H,7-8H2,1H3,(H,21,25). The van der Waals surface area contributed by atoms with E-state index in [4.69, 9.17) is 4.98 Å². The van der Waals surface area contributed by atoms with Crippen molar-refractivity contribution in [2.75, 3.05) is 0 Å². The summed E-state index contributed by atoms with van der Waals surface area (Å²) in [7, 11) is 1.87. The summed E-state index contributed by atoms with van der Waals surface area (Å²) in [6.07, 6.45) is 6.68. The Morgan fingerprint density at radius 1 is 1.13 bits per heavy atom. The van der Waals surface area contributed by atoms with Crippen LogP contribution in [-0.2, 0) is 20.1 Å². The third-order valence-electron chi connectivity index (χ3n) is 5.23. The molecule has 6 rings (SSSR count). The Balaban J connectivity index is 1.45. The summed E-state index contributed by atoms with van der Waals surface area (Å²) in [5.74, 6) is 0. The molecule has 5 heterocycles. The molecule has 0 saturated heterocycles. The number of nitrogens with one attached hydrogen (secondary N) is 1. The van der Waals surface area contributed by atoms with Crippen LogP contribution in [0, 0.1) is 0 Å². The molecule has 11 heteroatoms. The van der Waals surface area contributed by atoms with E-state index in [2.05, 4.69) is 25.4 Å². The number of benzene rings is 1. The van der Waals surface area contributed by atoms with Crippen molar-refractivity contribution in [2.24, 2.45) is 7.05 Å².